The maximum absolute atomic E-state index is 10.6. The number of nitrogens with one attached hydrogen (secondary N) is 1. The van der Waals surface area contributed by atoms with Gasteiger partial charge < -0.3 is 9.73 Å². The van der Waals surface area contributed by atoms with Gasteiger partial charge in [0.2, 0.25) is 0 Å². The summed E-state index contributed by atoms with van der Waals surface area (Å²) < 4.78 is 5.50. The van der Waals surface area contributed by atoms with E-state index in [0.717, 1.165) is 34.0 Å². The number of hydrogen-bond acceptors (Lipinski definition) is 5. The fourth-order valence-corrected chi connectivity index (χ4v) is 2.74. The van der Waals surface area contributed by atoms with E-state index in [1.54, 1.807) is 6.07 Å². The molecule has 0 radical (unpaired) electrons. The Balaban J connectivity index is 1.98. The second-order valence-corrected chi connectivity index (χ2v) is 5.41. The molecule has 2 heterocycles. The van der Waals surface area contributed by atoms with Crippen LogP contribution in [0.15, 0.2) is 21.9 Å². The molecule has 2 aromatic rings. The van der Waals surface area contributed by atoms with Gasteiger partial charge in [0.05, 0.1) is 4.92 Å². The highest BCUT2D eigenvalue weighted by molar-refractivity contribution is 7.13. The van der Waals surface area contributed by atoms with Crippen LogP contribution >= 0.6 is 11.3 Å². The Morgan fingerprint density at radius 3 is 2.74 bits per heavy atom. The quantitative estimate of drug-likeness (QED) is 0.669. The van der Waals surface area contributed by atoms with Crippen LogP contribution < -0.4 is 5.32 Å². The molecule has 1 N–H and O–H groups in total. The summed E-state index contributed by atoms with van der Waals surface area (Å²) in [4.78, 5) is 10.2. The fourth-order valence-electron chi connectivity index (χ4n) is 2.01. The van der Waals surface area contributed by atoms with Gasteiger partial charge in [0.25, 0.3) is 0 Å². The Bertz CT molecular complexity index is 588. The highest BCUT2D eigenvalue weighted by Gasteiger charge is 2.14. The average Bonchev–Trinajstić information content (AvgIpc) is 2.93. The fraction of sp³-hybridized carbons (Fsp3) is 0.385. The lowest BCUT2D eigenvalue weighted by Crippen LogP contribution is -2.17. The smallest absolute Gasteiger partial charge is 0.324 e. The molecule has 0 aromatic carbocycles. The molecule has 0 spiro atoms. The summed E-state index contributed by atoms with van der Waals surface area (Å²) in [5.74, 6) is 1.81. The molecule has 0 aliphatic heterocycles. The normalized spacial score (nSPS) is 12.6. The molecule has 1 unspecified atom stereocenters. The largest absolute Gasteiger partial charge is 0.466 e. The summed E-state index contributed by atoms with van der Waals surface area (Å²) in [5, 5.41) is 15.9. The second kappa shape index (κ2) is 5.54. The summed E-state index contributed by atoms with van der Waals surface area (Å²) in [6.45, 7) is 6.52. The summed E-state index contributed by atoms with van der Waals surface area (Å²) in [6, 6.07) is 3.78. The number of nitrogens with zero attached hydrogens (tertiary/aromatic N) is 1. The molecule has 6 heteroatoms. The van der Waals surface area contributed by atoms with Crippen molar-refractivity contribution in [3.05, 3.63) is 50.3 Å². The number of aryl methyl sites for hydroxylation is 2. The van der Waals surface area contributed by atoms with Gasteiger partial charge in [-0.25, -0.2) is 0 Å². The van der Waals surface area contributed by atoms with Crippen LogP contribution in [0.5, 0.6) is 0 Å². The highest BCUT2D eigenvalue weighted by atomic mass is 32.1. The Morgan fingerprint density at radius 2 is 2.21 bits per heavy atom. The monoisotopic (exact) mass is 280 g/mol. The lowest BCUT2D eigenvalue weighted by molar-refractivity contribution is -0.380. The number of hydrogen-bond donors (Lipinski definition) is 1. The zero-order valence-electron chi connectivity index (χ0n) is 11.1. The molecule has 0 aliphatic carbocycles. The van der Waals surface area contributed by atoms with E-state index >= 15 is 0 Å². The van der Waals surface area contributed by atoms with Gasteiger partial charge in [0, 0.05) is 29.6 Å². The van der Waals surface area contributed by atoms with Crippen molar-refractivity contribution in [1.29, 1.82) is 0 Å². The van der Waals surface area contributed by atoms with Crippen LogP contribution in [0.4, 0.5) is 5.00 Å². The van der Waals surface area contributed by atoms with Crippen molar-refractivity contribution in [2.45, 2.75) is 33.4 Å². The molecule has 0 aliphatic rings. The summed E-state index contributed by atoms with van der Waals surface area (Å²) >= 11 is 1.15. The SMILES string of the molecule is Cc1cc(C(C)NCc2csc([N+](=O)[O-])c2)c(C)o1. The van der Waals surface area contributed by atoms with Gasteiger partial charge >= 0.3 is 5.00 Å². The molecule has 2 rings (SSSR count). The molecule has 0 saturated carbocycles. The van der Waals surface area contributed by atoms with Crippen molar-refractivity contribution in [2.75, 3.05) is 0 Å². The van der Waals surface area contributed by atoms with Gasteiger partial charge in [-0.15, -0.1) is 0 Å². The maximum atomic E-state index is 10.6. The summed E-state index contributed by atoms with van der Waals surface area (Å²) in [6.07, 6.45) is 0. The van der Waals surface area contributed by atoms with Gasteiger partial charge in [-0.3, -0.25) is 10.1 Å². The number of rotatable bonds is 5. The first kappa shape index (κ1) is 13.8. The topological polar surface area (TPSA) is 68.3 Å². The Morgan fingerprint density at radius 1 is 1.47 bits per heavy atom. The van der Waals surface area contributed by atoms with Gasteiger partial charge in [-0.2, -0.15) is 0 Å². The minimum atomic E-state index is -0.360. The summed E-state index contributed by atoms with van der Waals surface area (Å²) in [5.41, 5.74) is 2.06. The van der Waals surface area contributed by atoms with E-state index in [2.05, 4.69) is 12.2 Å². The Kier molecular flexibility index (Phi) is 4.01. The van der Waals surface area contributed by atoms with Crippen molar-refractivity contribution in [1.82, 2.24) is 5.32 Å². The molecular formula is C13H16N2O3S. The second-order valence-electron chi connectivity index (χ2n) is 4.52. The first-order valence-electron chi connectivity index (χ1n) is 5.99. The third-order valence-corrected chi connectivity index (χ3v) is 3.91. The van der Waals surface area contributed by atoms with Gasteiger partial charge in [-0.05, 0) is 32.4 Å². The van der Waals surface area contributed by atoms with Gasteiger partial charge in [-0.1, -0.05) is 11.3 Å². The molecule has 1 atom stereocenters. The van der Waals surface area contributed by atoms with Crippen molar-refractivity contribution in [3.63, 3.8) is 0 Å². The van der Waals surface area contributed by atoms with E-state index in [0.29, 0.717) is 6.54 Å². The van der Waals surface area contributed by atoms with Crippen LogP contribution in [0.2, 0.25) is 0 Å². The molecule has 2 aromatic heterocycles. The molecule has 0 bridgehead atoms. The molecule has 102 valence electrons. The van der Waals surface area contributed by atoms with Gasteiger partial charge in [0.15, 0.2) is 0 Å². The van der Waals surface area contributed by atoms with Crippen LogP contribution in [0.1, 0.15) is 35.6 Å². The third kappa shape index (κ3) is 3.21. The Labute approximate surface area is 115 Å². The van der Waals surface area contributed by atoms with E-state index in [-0.39, 0.29) is 16.0 Å². The van der Waals surface area contributed by atoms with Crippen LogP contribution in [-0.4, -0.2) is 4.92 Å². The first-order valence-corrected chi connectivity index (χ1v) is 6.87. The lowest BCUT2D eigenvalue weighted by atomic mass is 10.1. The molecule has 0 fully saturated rings. The number of furan rings is 1. The third-order valence-electron chi connectivity index (χ3n) is 2.98. The van der Waals surface area contributed by atoms with Crippen molar-refractivity contribution in [2.24, 2.45) is 0 Å². The average molecular weight is 280 g/mol. The van der Waals surface area contributed by atoms with Crippen molar-refractivity contribution >= 4 is 16.3 Å². The number of nitro groups is 1. The van der Waals surface area contributed by atoms with Crippen LogP contribution in [0.25, 0.3) is 0 Å². The summed E-state index contributed by atoms with van der Waals surface area (Å²) in [7, 11) is 0. The molecule has 0 saturated heterocycles. The molecule has 0 amide bonds. The standard InChI is InChI=1S/C13H16N2O3S/c1-8-4-12(10(3)18-8)9(2)14-6-11-5-13(15(16)17)19-7-11/h4-5,7,9,14H,6H2,1-3H3. The van der Waals surface area contributed by atoms with Crippen LogP contribution in [0, 0.1) is 24.0 Å². The van der Waals surface area contributed by atoms with E-state index < -0.39 is 0 Å². The zero-order valence-corrected chi connectivity index (χ0v) is 11.9. The minimum Gasteiger partial charge on any atom is -0.466 e. The van der Waals surface area contributed by atoms with Crippen molar-refractivity contribution < 1.29 is 9.34 Å². The van der Waals surface area contributed by atoms with E-state index in [9.17, 15) is 10.1 Å². The Hall–Kier alpha value is -1.66. The van der Waals surface area contributed by atoms with Gasteiger partial charge in [0.1, 0.15) is 11.5 Å². The van der Waals surface area contributed by atoms with E-state index in [4.69, 9.17) is 4.42 Å². The predicted octanol–water partition coefficient (Wildman–Crippen LogP) is 3.72. The predicted molar refractivity (Wildman–Crippen MR) is 74.4 cm³/mol. The van der Waals surface area contributed by atoms with E-state index in [1.165, 1.54) is 0 Å². The number of thiophene rings is 1. The van der Waals surface area contributed by atoms with Crippen LogP contribution in [0.3, 0.4) is 0 Å². The minimum absolute atomic E-state index is 0.149. The maximum Gasteiger partial charge on any atom is 0.324 e. The van der Waals surface area contributed by atoms with Crippen molar-refractivity contribution in [3.8, 4) is 0 Å². The first-order chi connectivity index (χ1) is 8.97. The molecular weight excluding hydrogens is 264 g/mol. The lowest BCUT2D eigenvalue weighted by Gasteiger charge is -2.12. The highest BCUT2D eigenvalue weighted by Crippen LogP contribution is 2.24. The molecule has 5 nitrogen and oxygen atoms in total. The van der Waals surface area contributed by atoms with Crippen LogP contribution in [-0.2, 0) is 6.54 Å². The van der Waals surface area contributed by atoms with E-state index in [1.807, 2.05) is 25.3 Å². The molecule has 19 heavy (non-hydrogen) atoms. The zero-order chi connectivity index (χ0) is 14.0.